The van der Waals surface area contributed by atoms with Crippen molar-refractivity contribution < 1.29 is 13.2 Å². The summed E-state index contributed by atoms with van der Waals surface area (Å²) in [7, 11) is -3.26. The van der Waals surface area contributed by atoms with E-state index in [9.17, 15) is 13.2 Å². The first-order valence-corrected chi connectivity index (χ1v) is 9.86. The molecule has 1 aliphatic heterocycles. The molecule has 0 spiro atoms. The van der Waals surface area contributed by atoms with E-state index in [1.54, 1.807) is 12.1 Å². The highest BCUT2D eigenvalue weighted by atomic mass is 35.5. The molecule has 1 amide bonds. The minimum Gasteiger partial charge on any atom is -0.349 e. The van der Waals surface area contributed by atoms with Crippen molar-refractivity contribution in [3.8, 4) is 0 Å². The van der Waals surface area contributed by atoms with Crippen molar-refractivity contribution in [1.29, 1.82) is 0 Å². The fourth-order valence-corrected chi connectivity index (χ4v) is 4.35. The molecule has 0 atom stereocenters. The lowest BCUT2D eigenvalue weighted by Crippen LogP contribution is -2.40. The Balaban J connectivity index is 0.00000208. The Morgan fingerprint density at radius 2 is 1.92 bits per heavy atom. The number of hydrogen-bond acceptors (Lipinski definition) is 4. The average Bonchev–Trinajstić information content (AvgIpc) is 2.92. The number of halogens is 1. The van der Waals surface area contributed by atoms with Gasteiger partial charge in [0.15, 0.2) is 0 Å². The average molecular weight is 374 g/mol. The summed E-state index contributed by atoms with van der Waals surface area (Å²) < 4.78 is 24.9. The van der Waals surface area contributed by atoms with Gasteiger partial charge >= 0.3 is 0 Å². The molecule has 8 heteroatoms. The van der Waals surface area contributed by atoms with E-state index in [4.69, 9.17) is 5.73 Å². The number of sulfonamides is 1. The largest absolute Gasteiger partial charge is 0.349 e. The molecule has 0 radical (unpaired) electrons. The van der Waals surface area contributed by atoms with Gasteiger partial charge in [0.05, 0.1) is 11.9 Å². The fraction of sp³-hybridized carbons (Fsp3) is 0.562. The van der Waals surface area contributed by atoms with Crippen LogP contribution in [0, 0.1) is 0 Å². The second kappa shape index (κ2) is 7.29. The van der Waals surface area contributed by atoms with Crippen LogP contribution < -0.4 is 15.4 Å². The van der Waals surface area contributed by atoms with Gasteiger partial charge in [0, 0.05) is 24.2 Å². The van der Waals surface area contributed by atoms with Gasteiger partial charge in [-0.25, -0.2) is 8.42 Å². The van der Waals surface area contributed by atoms with E-state index in [0.717, 1.165) is 31.2 Å². The molecule has 3 N–H and O–H groups in total. The van der Waals surface area contributed by atoms with E-state index in [1.165, 1.54) is 10.6 Å². The molecule has 2 aliphatic rings. The van der Waals surface area contributed by atoms with Gasteiger partial charge in [0.1, 0.15) is 0 Å². The SMILES string of the molecule is CS(=O)(=O)N1CCc2cc(C(=O)NC3CCC(N)CC3)ccc21.Cl. The Hall–Kier alpha value is -1.31. The van der Waals surface area contributed by atoms with E-state index in [2.05, 4.69) is 5.32 Å². The Morgan fingerprint density at radius 1 is 1.25 bits per heavy atom. The predicted octanol–water partition coefficient (Wildman–Crippen LogP) is 1.43. The fourth-order valence-electron chi connectivity index (χ4n) is 3.39. The van der Waals surface area contributed by atoms with Crippen LogP contribution in [-0.2, 0) is 16.4 Å². The predicted molar refractivity (Wildman–Crippen MR) is 97.3 cm³/mol. The third-order valence-electron chi connectivity index (χ3n) is 4.70. The quantitative estimate of drug-likeness (QED) is 0.838. The number of nitrogens with zero attached hydrogens (tertiary/aromatic N) is 1. The zero-order valence-corrected chi connectivity index (χ0v) is 15.3. The van der Waals surface area contributed by atoms with Crippen LogP contribution in [0.3, 0.4) is 0 Å². The van der Waals surface area contributed by atoms with Crippen molar-refractivity contribution in [2.75, 3.05) is 17.1 Å². The van der Waals surface area contributed by atoms with Crippen molar-refractivity contribution in [2.24, 2.45) is 5.73 Å². The molecule has 0 bridgehead atoms. The number of nitrogens with two attached hydrogens (primary N) is 1. The molecule has 0 unspecified atom stereocenters. The minimum absolute atomic E-state index is 0. The summed E-state index contributed by atoms with van der Waals surface area (Å²) in [4.78, 5) is 12.4. The maximum absolute atomic E-state index is 12.4. The third-order valence-corrected chi connectivity index (χ3v) is 5.88. The maximum atomic E-state index is 12.4. The topological polar surface area (TPSA) is 92.5 Å². The number of rotatable bonds is 3. The van der Waals surface area contributed by atoms with Gasteiger partial charge < -0.3 is 11.1 Å². The van der Waals surface area contributed by atoms with Gasteiger partial charge in [0.25, 0.3) is 5.91 Å². The van der Waals surface area contributed by atoms with Gasteiger partial charge in [-0.1, -0.05) is 0 Å². The lowest BCUT2D eigenvalue weighted by molar-refractivity contribution is 0.0926. The first-order chi connectivity index (χ1) is 10.8. The lowest BCUT2D eigenvalue weighted by atomic mass is 9.91. The summed E-state index contributed by atoms with van der Waals surface area (Å²) in [6.45, 7) is 0.444. The second-order valence-corrected chi connectivity index (χ2v) is 8.42. The highest BCUT2D eigenvalue weighted by Gasteiger charge is 2.27. The zero-order chi connectivity index (χ0) is 16.6. The molecule has 24 heavy (non-hydrogen) atoms. The molecule has 134 valence electrons. The number of carbonyl (C=O) groups is 1. The summed E-state index contributed by atoms with van der Waals surface area (Å²) >= 11 is 0. The van der Waals surface area contributed by atoms with Crippen LogP contribution in [0.25, 0.3) is 0 Å². The summed E-state index contributed by atoms with van der Waals surface area (Å²) in [5.74, 6) is -0.0916. The van der Waals surface area contributed by atoms with Gasteiger partial charge in [-0.3, -0.25) is 9.10 Å². The molecular weight excluding hydrogens is 350 g/mol. The lowest BCUT2D eigenvalue weighted by Gasteiger charge is -2.26. The summed E-state index contributed by atoms with van der Waals surface area (Å²) in [5.41, 5.74) is 8.07. The summed E-state index contributed by atoms with van der Waals surface area (Å²) in [6.07, 6.45) is 5.56. The molecule has 1 fully saturated rings. The summed E-state index contributed by atoms with van der Waals surface area (Å²) in [5, 5.41) is 3.06. The number of amides is 1. The van der Waals surface area contributed by atoms with E-state index in [0.29, 0.717) is 24.2 Å². The molecule has 1 saturated carbocycles. The van der Waals surface area contributed by atoms with Crippen molar-refractivity contribution in [2.45, 2.75) is 44.2 Å². The van der Waals surface area contributed by atoms with Crippen LogP contribution in [0.2, 0.25) is 0 Å². The smallest absolute Gasteiger partial charge is 0.251 e. The maximum Gasteiger partial charge on any atom is 0.251 e. The van der Waals surface area contributed by atoms with Crippen LogP contribution in [0.1, 0.15) is 41.6 Å². The van der Waals surface area contributed by atoms with E-state index in [1.807, 2.05) is 6.07 Å². The number of nitrogens with one attached hydrogen (secondary N) is 1. The molecular formula is C16H24ClN3O3S. The molecule has 6 nitrogen and oxygen atoms in total. The molecule has 0 saturated heterocycles. The number of fused-ring (bicyclic) bond motifs is 1. The van der Waals surface area contributed by atoms with E-state index in [-0.39, 0.29) is 30.4 Å². The van der Waals surface area contributed by atoms with Crippen molar-refractivity contribution in [3.05, 3.63) is 29.3 Å². The Kier molecular flexibility index (Phi) is 5.78. The van der Waals surface area contributed by atoms with Gasteiger partial charge in [-0.2, -0.15) is 0 Å². The number of carbonyl (C=O) groups excluding carboxylic acids is 1. The highest BCUT2D eigenvalue weighted by Crippen LogP contribution is 2.30. The minimum atomic E-state index is -3.26. The molecule has 1 heterocycles. The number of anilines is 1. The van der Waals surface area contributed by atoms with Crippen LogP contribution in [0.5, 0.6) is 0 Å². The van der Waals surface area contributed by atoms with Gasteiger partial charge in [-0.15, -0.1) is 12.4 Å². The van der Waals surface area contributed by atoms with Crippen LogP contribution in [0.15, 0.2) is 18.2 Å². The molecule has 1 aromatic rings. The van der Waals surface area contributed by atoms with Crippen molar-refractivity contribution >= 4 is 34.0 Å². The first-order valence-electron chi connectivity index (χ1n) is 8.01. The second-order valence-electron chi connectivity index (χ2n) is 6.51. The van der Waals surface area contributed by atoms with Gasteiger partial charge in [-0.05, 0) is 55.9 Å². The van der Waals surface area contributed by atoms with Crippen LogP contribution in [-0.4, -0.2) is 39.2 Å². The Morgan fingerprint density at radius 3 is 2.54 bits per heavy atom. The third kappa shape index (κ3) is 4.02. The van der Waals surface area contributed by atoms with Crippen LogP contribution in [0.4, 0.5) is 5.69 Å². The monoisotopic (exact) mass is 373 g/mol. The number of hydrogen-bond donors (Lipinski definition) is 2. The standard InChI is InChI=1S/C16H23N3O3S.ClH/c1-23(21,22)19-9-8-11-10-12(2-7-15(11)19)16(20)18-14-5-3-13(17)4-6-14;/h2,7,10,13-14H,3-6,8-9,17H2,1H3,(H,18,20);1H. The Labute approximate surface area is 149 Å². The molecule has 3 rings (SSSR count). The van der Waals surface area contributed by atoms with Crippen LogP contribution >= 0.6 is 12.4 Å². The highest BCUT2D eigenvalue weighted by molar-refractivity contribution is 7.92. The Bertz CT molecular complexity index is 715. The normalized spacial score (nSPS) is 23.3. The van der Waals surface area contributed by atoms with Crippen molar-refractivity contribution in [1.82, 2.24) is 5.32 Å². The first kappa shape index (κ1) is 19.0. The summed E-state index contributed by atoms with van der Waals surface area (Å²) in [6, 6.07) is 5.68. The molecule has 0 aromatic heterocycles. The zero-order valence-electron chi connectivity index (χ0n) is 13.7. The molecule has 1 aliphatic carbocycles. The van der Waals surface area contributed by atoms with Crippen molar-refractivity contribution in [3.63, 3.8) is 0 Å². The molecule has 1 aromatic carbocycles. The van der Waals surface area contributed by atoms with Gasteiger partial charge in [0.2, 0.25) is 10.0 Å². The van der Waals surface area contributed by atoms with E-state index >= 15 is 0 Å². The van der Waals surface area contributed by atoms with E-state index < -0.39 is 10.0 Å². The number of benzene rings is 1.